The molecule has 0 unspecified atom stereocenters. The van der Waals surface area contributed by atoms with Crippen molar-refractivity contribution >= 4 is 33.4 Å². The number of hydrogen-bond acceptors (Lipinski definition) is 2. The standard InChI is InChI=1S/C16H16BrClN2O/c1-11(2)20(10-12-6-3-4-9-19-12)16(21)13-7-5-8-14(17)15(13)18/h3-9,11H,10H2,1-2H3. The number of halogens is 2. The van der Waals surface area contributed by atoms with Crippen LogP contribution in [0.5, 0.6) is 0 Å². The highest BCUT2D eigenvalue weighted by Gasteiger charge is 2.22. The predicted molar refractivity (Wildman–Crippen MR) is 88.4 cm³/mol. The van der Waals surface area contributed by atoms with E-state index in [1.165, 1.54) is 0 Å². The van der Waals surface area contributed by atoms with Gasteiger partial charge in [0.25, 0.3) is 5.91 Å². The summed E-state index contributed by atoms with van der Waals surface area (Å²) in [5.74, 6) is -0.0954. The first-order valence-corrected chi connectivity index (χ1v) is 7.82. The zero-order valence-electron chi connectivity index (χ0n) is 11.9. The first kappa shape index (κ1) is 16.0. The lowest BCUT2D eigenvalue weighted by atomic mass is 10.1. The maximum atomic E-state index is 12.8. The topological polar surface area (TPSA) is 33.2 Å². The van der Waals surface area contributed by atoms with Crippen LogP contribution in [0.4, 0.5) is 0 Å². The van der Waals surface area contributed by atoms with Crippen LogP contribution in [0.2, 0.25) is 5.02 Å². The molecule has 1 aromatic carbocycles. The molecular weight excluding hydrogens is 352 g/mol. The maximum absolute atomic E-state index is 12.8. The van der Waals surface area contributed by atoms with Gasteiger partial charge in [-0.05, 0) is 54.0 Å². The van der Waals surface area contributed by atoms with Crippen molar-refractivity contribution in [3.8, 4) is 0 Å². The van der Waals surface area contributed by atoms with E-state index in [0.717, 1.165) is 10.2 Å². The van der Waals surface area contributed by atoms with Gasteiger partial charge in [-0.15, -0.1) is 0 Å². The molecule has 0 atom stereocenters. The van der Waals surface area contributed by atoms with Gasteiger partial charge in [-0.1, -0.05) is 23.7 Å². The van der Waals surface area contributed by atoms with Crippen LogP contribution in [0.1, 0.15) is 29.9 Å². The third kappa shape index (κ3) is 3.83. The van der Waals surface area contributed by atoms with Crippen LogP contribution < -0.4 is 0 Å². The molecule has 5 heteroatoms. The molecule has 0 fully saturated rings. The van der Waals surface area contributed by atoms with E-state index in [1.807, 2.05) is 44.2 Å². The number of rotatable bonds is 4. The molecule has 1 heterocycles. The van der Waals surface area contributed by atoms with Crippen LogP contribution >= 0.6 is 27.5 Å². The van der Waals surface area contributed by atoms with Gasteiger partial charge in [-0.25, -0.2) is 0 Å². The molecule has 0 radical (unpaired) electrons. The van der Waals surface area contributed by atoms with E-state index in [9.17, 15) is 4.79 Å². The molecule has 1 amide bonds. The molecule has 0 spiro atoms. The van der Waals surface area contributed by atoms with Gasteiger partial charge in [0.2, 0.25) is 0 Å². The summed E-state index contributed by atoms with van der Waals surface area (Å²) in [5.41, 5.74) is 1.35. The van der Waals surface area contributed by atoms with E-state index in [0.29, 0.717) is 17.1 Å². The Morgan fingerprint density at radius 2 is 2.05 bits per heavy atom. The Labute approximate surface area is 138 Å². The van der Waals surface area contributed by atoms with E-state index in [1.54, 1.807) is 17.2 Å². The zero-order valence-corrected chi connectivity index (χ0v) is 14.2. The highest BCUT2D eigenvalue weighted by Crippen LogP contribution is 2.27. The Balaban J connectivity index is 2.30. The molecule has 3 nitrogen and oxygen atoms in total. The molecule has 2 aromatic rings. The minimum Gasteiger partial charge on any atom is -0.330 e. The quantitative estimate of drug-likeness (QED) is 0.794. The van der Waals surface area contributed by atoms with Crippen LogP contribution in [0, 0.1) is 0 Å². The number of hydrogen-bond donors (Lipinski definition) is 0. The smallest absolute Gasteiger partial charge is 0.255 e. The Kier molecular flexibility index (Phi) is 5.37. The van der Waals surface area contributed by atoms with Crippen molar-refractivity contribution in [2.24, 2.45) is 0 Å². The van der Waals surface area contributed by atoms with Crippen molar-refractivity contribution in [1.82, 2.24) is 9.88 Å². The van der Waals surface area contributed by atoms with Gasteiger partial charge in [0, 0.05) is 16.7 Å². The van der Waals surface area contributed by atoms with Gasteiger partial charge in [0.15, 0.2) is 0 Å². The molecule has 110 valence electrons. The van der Waals surface area contributed by atoms with Crippen molar-refractivity contribution in [2.45, 2.75) is 26.4 Å². The minimum absolute atomic E-state index is 0.0505. The van der Waals surface area contributed by atoms with E-state index < -0.39 is 0 Å². The predicted octanol–water partition coefficient (Wildman–Crippen LogP) is 4.55. The number of benzene rings is 1. The SMILES string of the molecule is CC(C)N(Cc1ccccn1)C(=O)c1cccc(Br)c1Cl. The molecule has 0 saturated carbocycles. The van der Waals surface area contributed by atoms with E-state index in [2.05, 4.69) is 20.9 Å². The average Bonchev–Trinajstić information content (AvgIpc) is 2.48. The fourth-order valence-electron chi connectivity index (χ4n) is 1.98. The van der Waals surface area contributed by atoms with E-state index >= 15 is 0 Å². The number of carbonyl (C=O) groups excluding carboxylic acids is 1. The second-order valence-electron chi connectivity index (χ2n) is 4.95. The van der Waals surface area contributed by atoms with Crippen LogP contribution in [0.15, 0.2) is 47.1 Å². The molecule has 0 aliphatic heterocycles. The van der Waals surface area contributed by atoms with E-state index in [-0.39, 0.29) is 11.9 Å². The fraction of sp³-hybridized carbons (Fsp3) is 0.250. The largest absolute Gasteiger partial charge is 0.330 e. The third-order valence-electron chi connectivity index (χ3n) is 3.12. The van der Waals surface area contributed by atoms with Crippen molar-refractivity contribution in [1.29, 1.82) is 0 Å². The van der Waals surface area contributed by atoms with Gasteiger partial charge in [0.1, 0.15) is 0 Å². The van der Waals surface area contributed by atoms with Crippen LogP contribution in [0.25, 0.3) is 0 Å². The second kappa shape index (κ2) is 7.05. The summed E-state index contributed by atoms with van der Waals surface area (Å²) in [6.07, 6.45) is 1.73. The fourth-order valence-corrected chi connectivity index (χ4v) is 2.55. The Bertz CT molecular complexity index is 631. The van der Waals surface area contributed by atoms with Crippen LogP contribution in [-0.4, -0.2) is 21.8 Å². The lowest BCUT2D eigenvalue weighted by molar-refractivity contribution is 0.0688. The van der Waals surface area contributed by atoms with E-state index in [4.69, 9.17) is 11.6 Å². The average molecular weight is 368 g/mol. The Morgan fingerprint density at radius 3 is 2.67 bits per heavy atom. The van der Waals surface area contributed by atoms with Gasteiger partial charge in [-0.2, -0.15) is 0 Å². The maximum Gasteiger partial charge on any atom is 0.255 e. The lowest BCUT2D eigenvalue weighted by Crippen LogP contribution is -2.36. The summed E-state index contributed by atoms with van der Waals surface area (Å²) in [6.45, 7) is 4.42. The lowest BCUT2D eigenvalue weighted by Gasteiger charge is -2.27. The first-order chi connectivity index (χ1) is 10.0. The molecule has 21 heavy (non-hydrogen) atoms. The van der Waals surface area contributed by atoms with Crippen LogP contribution in [-0.2, 0) is 6.54 Å². The number of nitrogens with zero attached hydrogens (tertiary/aromatic N) is 2. The van der Waals surface area contributed by atoms with Crippen molar-refractivity contribution in [3.05, 3.63) is 63.3 Å². The summed E-state index contributed by atoms with van der Waals surface area (Å²) in [5, 5.41) is 0.439. The van der Waals surface area contributed by atoms with Gasteiger partial charge >= 0.3 is 0 Å². The molecule has 0 aliphatic carbocycles. The summed E-state index contributed by atoms with van der Waals surface area (Å²) < 4.78 is 0.719. The molecule has 0 aliphatic rings. The highest BCUT2D eigenvalue weighted by atomic mass is 79.9. The summed E-state index contributed by atoms with van der Waals surface area (Å²) in [4.78, 5) is 18.8. The molecular formula is C16H16BrClN2O. The molecule has 0 N–H and O–H groups in total. The molecule has 0 saturated heterocycles. The van der Waals surface area contributed by atoms with Gasteiger partial charge < -0.3 is 4.90 Å². The Morgan fingerprint density at radius 1 is 1.29 bits per heavy atom. The monoisotopic (exact) mass is 366 g/mol. The molecule has 1 aromatic heterocycles. The van der Waals surface area contributed by atoms with Gasteiger partial charge in [0.05, 0.1) is 22.8 Å². The molecule has 2 rings (SSSR count). The normalized spacial score (nSPS) is 10.7. The third-order valence-corrected chi connectivity index (χ3v) is 4.42. The van der Waals surface area contributed by atoms with Crippen LogP contribution in [0.3, 0.4) is 0 Å². The number of pyridine rings is 1. The van der Waals surface area contributed by atoms with Crippen molar-refractivity contribution < 1.29 is 4.79 Å². The number of aromatic nitrogens is 1. The summed E-state index contributed by atoms with van der Waals surface area (Å²) in [7, 11) is 0. The van der Waals surface area contributed by atoms with Crippen molar-refractivity contribution in [2.75, 3.05) is 0 Å². The summed E-state index contributed by atoms with van der Waals surface area (Å²) in [6, 6.07) is 11.1. The first-order valence-electron chi connectivity index (χ1n) is 6.65. The highest BCUT2D eigenvalue weighted by molar-refractivity contribution is 9.10. The van der Waals surface area contributed by atoms with Gasteiger partial charge in [-0.3, -0.25) is 9.78 Å². The summed E-state index contributed by atoms with van der Waals surface area (Å²) >= 11 is 9.58. The number of amides is 1. The Hall–Kier alpha value is -1.39. The second-order valence-corrected chi connectivity index (χ2v) is 6.18. The number of carbonyl (C=O) groups is 1. The zero-order chi connectivity index (χ0) is 15.4. The molecule has 0 bridgehead atoms. The minimum atomic E-state index is -0.0954. The van der Waals surface area contributed by atoms with Crippen molar-refractivity contribution in [3.63, 3.8) is 0 Å².